The number of phenolic OH excluding ortho intramolecular Hbond substituents is 1. The molecule has 21 heavy (non-hydrogen) atoms. The zero-order valence-electron chi connectivity index (χ0n) is 11.7. The van der Waals surface area contributed by atoms with E-state index in [4.69, 9.17) is 27.9 Å². The smallest absolute Gasteiger partial charge is 0.139 e. The maximum Gasteiger partial charge on any atom is 0.139 e. The highest BCUT2D eigenvalue weighted by Crippen LogP contribution is 2.31. The van der Waals surface area contributed by atoms with Crippen molar-refractivity contribution >= 4 is 28.9 Å². The van der Waals surface area contributed by atoms with Gasteiger partial charge in [0.1, 0.15) is 5.75 Å². The van der Waals surface area contributed by atoms with Crippen LogP contribution in [-0.4, -0.2) is 18.8 Å². The summed E-state index contributed by atoms with van der Waals surface area (Å²) in [5.74, 6) is 0.0583. The Morgan fingerprint density at radius 2 is 1.90 bits per heavy atom. The van der Waals surface area contributed by atoms with Crippen LogP contribution in [0.25, 0.3) is 0 Å². The molecule has 0 bridgehead atoms. The van der Waals surface area contributed by atoms with E-state index in [0.29, 0.717) is 23.7 Å². The fraction of sp³-hybridized carbons (Fsp3) is 0.250. The minimum Gasteiger partial charge on any atom is -0.506 e. The van der Waals surface area contributed by atoms with E-state index in [1.807, 2.05) is 24.3 Å². The number of benzene rings is 2. The molecule has 5 heteroatoms. The lowest BCUT2D eigenvalue weighted by Gasteiger charge is -2.13. The van der Waals surface area contributed by atoms with Crippen molar-refractivity contribution in [1.82, 2.24) is 0 Å². The molecule has 0 spiro atoms. The number of hydrogen-bond acceptors (Lipinski definition) is 3. The van der Waals surface area contributed by atoms with Crippen molar-refractivity contribution in [3.8, 4) is 5.75 Å². The highest BCUT2D eigenvalue weighted by Gasteiger charge is 2.09. The average molecular weight is 326 g/mol. The monoisotopic (exact) mass is 325 g/mol. The minimum absolute atomic E-state index is 0.0583. The van der Waals surface area contributed by atoms with Crippen LogP contribution in [-0.2, 0) is 17.7 Å². The zero-order chi connectivity index (χ0) is 15.2. The van der Waals surface area contributed by atoms with Crippen molar-refractivity contribution < 1.29 is 9.84 Å². The number of ether oxygens (including phenoxy) is 1. The molecule has 0 saturated carbocycles. The second-order valence-electron chi connectivity index (χ2n) is 4.65. The number of para-hydroxylation sites is 1. The fourth-order valence-corrected chi connectivity index (χ4v) is 2.60. The summed E-state index contributed by atoms with van der Waals surface area (Å²) < 4.78 is 5.11. The first-order valence-corrected chi connectivity index (χ1v) is 7.35. The number of rotatable bonds is 6. The molecule has 0 saturated heterocycles. The number of aromatic hydroxyl groups is 1. The van der Waals surface area contributed by atoms with Crippen LogP contribution in [0.1, 0.15) is 11.1 Å². The van der Waals surface area contributed by atoms with Gasteiger partial charge in [-0.25, -0.2) is 0 Å². The molecule has 112 valence electrons. The van der Waals surface area contributed by atoms with Crippen molar-refractivity contribution in [2.45, 2.75) is 13.0 Å². The maximum absolute atomic E-state index is 9.96. The second-order valence-corrected chi connectivity index (χ2v) is 5.49. The Hall–Kier alpha value is -1.42. The summed E-state index contributed by atoms with van der Waals surface area (Å²) in [6.45, 7) is 1.10. The highest BCUT2D eigenvalue weighted by molar-refractivity contribution is 6.35. The molecule has 0 aliphatic heterocycles. The third-order valence-electron chi connectivity index (χ3n) is 3.17. The van der Waals surface area contributed by atoms with E-state index in [2.05, 4.69) is 5.32 Å². The predicted octanol–water partition coefficient (Wildman–Crippen LogP) is 4.50. The summed E-state index contributed by atoms with van der Waals surface area (Å²) in [5, 5.41) is 14.0. The van der Waals surface area contributed by atoms with Gasteiger partial charge in [-0.3, -0.25) is 0 Å². The highest BCUT2D eigenvalue weighted by atomic mass is 35.5. The van der Waals surface area contributed by atoms with Gasteiger partial charge in [0.25, 0.3) is 0 Å². The van der Waals surface area contributed by atoms with Gasteiger partial charge in [0.15, 0.2) is 0 Å². The SMILES string of the molecule is COCCc1ccccc1NCc1cc(Cl)cc(Cl)c1O. The Morgan fingerprint density at radius 3 is 2.67 bits per heavy atom. The molecule has 0 amide bonds. The number of methoxy groups -OCH3 is 1. The summed E-state index contributed by atoms with van der Waals surface area (Å²) in [7, 11) is 1.68. The summed E-state index contributed by atoms with van der Waals surface area (Å²) in [4.78, 5) is 0. The standard InChI is InChI=1S/C16H17Cl2NO2/c1-21-7-6-11-4-2-3-5-15(11)19-10-12-8-13(17)9-14(18)16(12)20/h2-5,8-9,19-20H,6-7,10H2,1H3. The van der Waals surface area contributed by atoms with E-state index >= 15 is 0 Å². The van der Waals surface area contributed by atoms with Crippen molar-refractivity contribution in [1.29, 1.82) is 0 Å². The van der Waals surface area contributed by atoms with Crippen LogP contribution in [0.5, 0.6) is 5.75 Å². The van der Waals surface area contributed by atoms with Crippen LogP contribution in [0.3, 0.4) is 0 Å². The van der Waals surface area contributed by atoms with Crippen molar-refractivity contribution in [2.24, 2.45) is 0 Å². The van der Waals surface area contributed by atoms with Crippen molar-refractivity contribution in [3.05, 3.63) is 57.6 Å². The minimum atomic E-state index is 0.0583. The van der Waals surface area contributed by atoms with Crippen LogP contribution in [0.15, 0.2) is 36.4 Å². The lowest BCUT2D eigenvalue weighted by molar-refractivity contribution is 0.202. The Morgan fingerprint density at radius 1 is 1.14 bits per heavy atom. The topological polar surface area (TPSA) is 41.5 Å². The number of hydrogen-bond donors (Lipinski definition) is 2. The van der Waals surface area contributed by atoms with Crippen LogP contribution < -0.4 is 5.32 Å². The van der Waals surface area contributed by atoms with Gasteiger partial charge in [0, 0.05) is 29.9 Å². The third kappa shape index (κ3) is 4.27. The van der Waals surface area contributed by atoms with Gasteiger partial charge in [0.2, 0.25) is 0 Å². The molecule has 0 aliphatic rings. The summed E-state index contributed by atoms with van der Waals surface area (Å²) >= 11 is 11.9. The van der Waals surface area contributed by atoms with Gasteiger partial charge < -0.3 is 15.2 Å². The number of halogens is 2. The van der Waals surface area contributed by atoms with Gasteiger partial charge in [-0.15, -0.1) is 0 Å². The first kappa shape index (κ1) is 16.0. The maximum atomic E-state index is 9.96. The van der Waals surface area contributed by atoms with E-state index in [0.717, 1.165) is 17.7 Å². The van der Waals surface area contributed by atoms with Crippen molar-refractivity contribution in [3.63, 3.8) is 0 Å². The Balaban J connectivity index is 2.13. The summed E-state index contributed by atoms with van der Waals surface area (Å²) in [5.41, 5.74) is 2.83. The first-order valence-electron chi connectivity index (χ1n) is 6.59. The molecular weight excluding hydrogens is 309 g/mol. The van der Waals surface area contributed by atoms with Gasteiger partial charge >= 0.3 is 0 Å². The van der Waals surface area contributed by atoms with Crippen LogP contribution in [0.2, 0.25) is 10.0 Å². The van der Waals surface area contributed by atoms with E-state index in [-0.39, 0.29) is 10.8 Å². The molecular formula is C16H17Cl2NO2. The van der Waals surface area contributed by atoms with Crippen molar-refractivity contribution in [2.75, 3.05) is 19.0 Å². The third-order valence-corrected chi connectivity index (χ3v) is 3.68. The number of phenols is 1. The lowest BCUT2D eigenvalue weighted by atomic mass is 10.1. The quantitative estimate of drug-likeness (QED) is 0.821. The predicted molar refractivity (Wildman–Crippen MR) is 87.5 cm³/mol. The van der Waals surface area contributed by atoms with E-state index in [9.17, 15) is 5.11 Å². The molecule has 0 radical (unpaired) electrons. The summed E-state index contributed by atoms with van der Waals surface area (Å²) in [6, 6.07) is 11.2. The van der Waals surface area contributed by atoms with Crippen LogP contribution in [0, 0.1) is 0 Å². The normalized spacial score (nSPS) is 10.6. The Labute approximate surface area is 134 Å². The van der Waals surface area contributed by atoms with E-state index in [1.54, 1.807) is 13.2 Å². The van der Waals surface area contributed by atoms with Crippen LogP contribution >= 0.6 is 23.2 Å². The molecule has 0 heterocycles. The van der Waals surface area contributed by atoms with Crippen LogP contribution in [0.4, 0.5) is 5.69 Å². The molecule has 0 aliphatic carbocycles. The number of nitrogens with one attached hydrogen (secondary N) is 1. The molecule has 2 aromatic rings. The van der Waals surface area contributed by atoms with Gasteiger partial charge in [-0.2, -0.15) is 0 Å². The molecule has 0 atom stereocenters. The lowest BCUT2D eigenvalue weighted by Crippen LogP contribution is -2.04. The van der Waals surface area contributed by atoms with E-state index in [1.165, 1.54) is 6.07 Å². The van der Waals surface area contributed by atoms with Gasteiger partial charge in [-0.05, 0) is 30.2 Å². The second kappa shape index (κ2) is 7.55. The number of anilines is 1. The molecule has 0 aromatic heterocycles. The molecule has 0 unspecified atom stereocenters. The average Bonchev–Trinajstić information content (AvgIpc) is 2.48. The van der Waals surface area contributed by atoms with Gasteiger partial charge in [-0.1, -0.05) is 41.4 Å². The summed E-state index contributed by atoms with van der Waals surface area (Å²) in [6.07, 6.45) is 0.821. The molecule has 2 aromatic carbocycles. The molecule has 2 N–H and O–H groups in total. The Bertz CT molecular complexity index is 617. The molecule has 3 nitrogen and oxygen atoms in total. The fourth-order valence-electron chi connectivity index (χ4n) is 2.07. The largest absolute Gasteiger partial charge is 0.506 e. The van der Waals surface area contributed by atoms with Gasteiger partial charge in [0.05, 0.1) is 11.6 Å². The molecule has 2 rings (SSSR count). The zero-order valence-corrected chi connectivity index (χ0v) is 13.2. The first-order chi connectivity index (χ1) is 10.1. The Kier molecular flexibility index (Phi) is 5.74. The van der Waals surface area contributed by atoms with E-state index < -0.39 is 0 Å². The molecule has 0 fully saturated rings.